The normalized spacial score (nSPS) is 42.4. The van der Waals surface area contributed by atoms with Crippen molar-refractivity contribution < 1.29 is 9.59 Å². The van der Waals surface area contributed by atoms with Crippen LogP contribution in [0.3, 0.4) is 0 Å². The standard InChI is InChI=1S/C25H37NO2/c1-6-26(7-2)23(28)21-11-10-19-18-9-8-17-14-22(27)16(3)15-25(17,5)20(18)12-13-24(19,21)4/h14,18-21H,3,6-13,15H2,1-2,4-5H3/t18?,19?,20?,21-,24+,25+/m1/s1. The van der Waals surface area contributed by atoms with Crippen molar-refractivity contribution in [2.75, 3.05) is 13.1 Å². The maximum absolute atomic E-state index is 13.3. The highest BCUT2D eigenvalue weighted by atomic mass is 16.2. The van der Waals surface area contributed by atoms with Gasteiger partial charge in [0, 0.05) is 19.0 Å². The fourth-order valence-corrected chi connectivity index (χ4v) is 7.76. The third kappa shape index (κ3) is 2.68. The van der Waals surface area contributed by atoms with Crippen LogP contribution in [0, 0.1) is 34.5 Å². The van der Waals surface area contributed by atoms with Crippen LogP contribution < -0.4 is 0 Å². The molecule has 3 unspecified atom stereocenters. The van der Waals surface area contributed by atoms with E-state index in [0.717, 1.165) is 44.3 Å². The summed E-state index contributed by atoms with van der Waals surface area (Å²) in [5.74, 6) is 2.73. The maximum Gasteiger partial charge on any atom is 0.226 e. The van der Waals surface area contributed by atoms with Crippen LogP contribution in [0.2, 0.25) is 0 Å². The van der Waals surface area contributed by atoms with Gasteiger partial charge in [-0.2, -0.15) is 0 Å². The first-order valence-corrected chi connectivity index (χ1v) is 11.5. The molecule has 0 aliphatic heterocycles. The summed E-state index contributed by atoms with van der Waals surface area (Å²) in [6, 6.07) is 0. The lowest BCUT2D eigenvalue weighted by Crippen LogP contribution is -2.52. The molecule has 4 aliphatic rings. The fourth-order valence-electron chi connectivity index (χ4n) is 7.76. The van der Waals surface area contributed by atoms with Crippen LogP contribution in [0.4, 0.5) is 0 Å². The van der Waals surface area contributed by atoms with Crippen molar-refractivity contribution in [3.63, 3.8) is 0 Å². The Labute approximate surface area is 170 Å². The molecular weight excluding hydrogens is 346 g/mol. The predicted octanol–water partition coefficient (Wildman–Crippen LogP) is 5.17. The SMILES string of the molecule is C=C1C[C@@]2(C)C(=CC1=O)CCC1C2CC[C@@]2(C)C1CC[C@@H]2C(=O)N(CC)CC. The Morgan fingerprint density at radius 1 is 1.14 bits per heavy atom. The molecule has 6 atom stereocenters. The average Bonchev–Trinajstić information content (AvgIpc) is 3.01. The zero-order valence-corrected chi connectivity index (χ0v) is 18.2. The number of carbonyl (C=O) groups is 2. The van der Waals surface area contributed by atoms with E-state index >= 15 is 0 Å². The van der Waals surface area contributed by atoms with Crippen molar-refractivity contribution in [3.8, 4) is 0 Å². The van der Waals surface area contributed by atoms with Gasteiger partial charge in [-0.25, -0.2) is 0 Å². The van der Waals surface area contributed by atoms with Gasteiger partial charge >= 0.3 is 0 Å². The molecule has 3 heteroatoms. The summed E-state index contributed by atoms with van der Waals surface area (Å²) in [6.45, 7) is 14.7. The minimum atomic E-state index is 0.107. The Hall–Kier alpha value is -1.38. The molecule has 3 saturated carbocycles. The summed E-state index contributed by atoms with van der Waals surface area (Å²) in [5.41, 5.74) is 2.43. The zero-order valence-electron chi connectivity index (χ0n) is 18.2. The molecule has 3 fully saturated rings. The molecule has 0 heterocycles. The highest BCUT2D eigenvalue weighted by molar-refractivity contribution is 6.05. The van der Waals surface area contributed by atoms with Crippen molar-refractivity contribution in [3.05, 3.63) is 23.8 Å². The number of amides is 1. The van der Waals surface area contributed by atoms with E-state index in [1.54, 1.807) is 0 Å². The second-order valence-electron chi connectivity index (χ2n) is 10.3. The summed E-state index contributed by atoms with van der Waals surface area (Å²) in [5, 5.41) is 0. The van der Waals surface area contributed by atoms with Gasteiger partial charge in [0.15, 0.2) is 5.78 Å². The Kier molecular flexibility index (Phi) is 4.87. The number of nitrogens with zero attached hydrogens (tertiary/aromatic N) is 1. The molecule has 1 amide bonds. The van der Waals surface area contributed by atoms with Gasteiger partial charge in [-0.05, 0) is 99.0 Å². The Morgan fingerprint density at radius 2 is 1.86 bits per heavy atom. The highest BCUT2D eigenvalue weighted by Gasteiger charge is 2.60. The second-order valence-corrected chi connectivity index (χ2v) is 10.3. The number of carbonyl (C=O) groups excluding carboxylic acids is 2. The van der Waals surface area contributed by atoms with Crippen LogP contribution in [-0.4, -0.2) is 29.7 Å². The lowest BCUT2D eigenvalue weighted by atomic mass is 9.46. The summed E-state index contributed by atoms with van der Waals surface area (Å²) in [7, 11) is 0. The Bertz CT molecular complexity index is 733. The van der Waals surface area contributed by atoms with E-state index in [9.17, 15) is 9.59 Å². The summed E-state index contributed by atoms with van der Waals surface area (Å²) >= 11 is 0. The number of hydrogen-bond acceptors (Lipinski definition) is 2. The van der Waals surface area contributed by atoms with E-state index in [1.807, 2.05) is 11.0 Å². The molecule has 0 aromatic carbocycles. The van der Waals surface area contributed by atoms with Crippen LogP contribution in [0.5, 0.6) is 0 Å². The minimum absolute atomic E-state index is 0.107. The molecule has 0 bridgehead atoms. The van der Waals surface area contributed by atoms with Gasteiger partial charge < -0.3 is 4.90 Å². The first kappa shape index (κ1) is 19.9. The molecular formula is C25H37NO2. The molecule has 0 saturated heterocycles. The molecule has 0 N–H and O–H groups in total. The minimum Gasteiger partial charge on any atom is -0.343 e. The molecule has 154 valence electrons. The van der Waals surface area contributed by atoms with E-state index in [0.29, 0.717) is 23.7 Å². The fraction of sp³-hybridized carbons (Fsp3) is 0.760. The first-order valence-electron chi connectivity index (χ1n) is 11.5. The van der Waals surface area contributed by atoms with Crippen LogP contribution in [0.15, 0.2) is 23.8 Å². The molecule has 0 spiro atoms. The molecule has 4 aliphatic carbocycles. The third-order valence-corrected chi connectivity index (χ3v) is 9.34. The Morgan fingerprint density at radius 3 is 2.54 bits per heavy atom. The number of allylic oxidation sites excluding steroid dienone is 2. The van der Waals surface area contributed by atoms with Crippen LogP contribution in [0.1, 0.15) is 72.6 Å². The summed E-state index contributed by atoms with van der Waals surface area (Å²) in [4.78, 5) is 27.5. The summed E-state index contributed by atoms with van der Waals surface area (Å²) < 4.78 is 0. The predicted molar refractivity (Wildman–Crippen MR) is 113 cm³/mol. The van der Waals surface area contributed by atoms with Crippen molar-refractivity contribution in [1.29, 1.82) is 0 Å². The van der Waals surface area contributed by atoms with E-state index in [-0.39, 0.29) is 22.5 Å². The first-order chi connectivity index (χ1) is 13.3. The second kappa shape index (κ2) is 6.85. The Balaban J connectivity index is 1.62. The number of rotatable bonds is 3. The maximum atomic E-state index is 13.3. The van der Waals surface area contributed by atoms with Gasteiger partial charge in [0.2, 0.25) is 5.91 Å². The van der Waals surface area contributed by atoms with Crippen molar-refractivity contribution in [2.24, 2.45) is 34.5 Å². The van der Waals surface area contributed by atoms with Gasteiger partial charge in [0.1, 0.15) is 0 Å². The quantitative estimate of drug-likeness (QED) is 0.631. The zero-order chi connectivity index (χ0) is 20.3. The van der Waals surface area contributed by atoms with E-state index in [1.165, 1.54) is 24.8 Å². The average molecular weight is 384 g/mol. The monoisotopic (exact) mass is 383 g/mol. The van der Waals surface area contributed by atoms with Crippen LogP contribution >= 0.6 is 0 Å². The number of fused-ring (bicyclic) bond motifs is 5. The number of hydrogen-bond donors (Lipinski definition) is 0. The smallest absolute Gasteiger partial charge is 0.226 e. The highest BCUT2D eigenvalue weighted by Crippen LogP contribution is 2.66. The van der Waals surface area contributed by atoms with Crippen LogP contribution in [-0.2, 0) is 9.59 Å². The third-order valence-electron chi connectivity index (χ3n) is 9.34. The summed E-state index contributed by atoms with van der Waals surface area (Å²) in [6.07, 6.45) is 9.60. The van der Waals surface area contributed by atoms with Crippen molar-refractivity contribution in [2.45, 2.75) is 72.6 Å². The van der Waals surface area contributed by atoms with E-state index in [4.69, 9.17) is 0 Å². The molecule has 3 nitrogen and oxygen atoms in total. The lowest BCUT2D eigenvalue weighted by Gasteiger charge is -2.58. The largest absolute Gasteiger partial charge is 0.343 e. The number of ketones is 1. The van der Waals surface area contributed by atoms with Gasteiger partial charge in [-0.15, -0.1) is 0 Å². The van der Waals surface area contributed by atoms with Gasteiger partial charge in [0.05, 0.1) is 0 Å². The lowest BCUT2D eigenvalue weighted by molar-refractivity contribution is -0.142. The molecule has 0 aromatic rings. The van der Waals surface area contributed by atoms with Gasteiger partial charge in [-0.1, -0.05) is 26.0 Å². The molecule has 0 aromatic heterocycles. The van der Waals surface area contributed by atoms with E-state index < -0.39 is 0 Å². The molecule has 4 rings (SSSR count). The topological polar surface area (TPSA) is 37.4 Å². The van der Waals surface area contributed by atoms with E-state index in [2.05, 4.69) is 34.3 Å². The van der Waals surface area contributed by atoms with Crippen molar-refractivity contribution >= 4 is 11.7 Å². The van der Waals surface area contributed by atoms with Crippen LogP contribution in [0.25, 0.3) is 0 Å². The van der Waals surface area contributed by atoms with Gasteiger partial charge in [-0.3, -0.25) is 9.59 Å². The van der Waals surface area contributed by atoms with Gasteiger partial charge in [0.25, 0.3) is 0 Å². The van der Waals surface area contributed by atoms with Crippen molar-refractivity contribution in [1.82, 2.24) is 4.90 Å². The molecule has 28 heavy (non-hydrogen) atoms. The molecule has 0 radical (unpaired) electrons.